The second kappa shape index (κ2) is 13.2. The molecule has 0 fully saturated rings. The summed E-state index contributed by atoms with van der Waals surface area (Å²) >= 11 is 0. The Labute approximate surface area is 221 Å². The lowest BCUT2D eigenvalue weighted by atomic mass is 10.2. The van der Waals surface area contributed by atoms with Crippen molar-refractivity contribution in [1.29, 1.82) is 0 Å². The van der Waals surface area contributed by atoms with Gasteiger partial charge in [0.1, 0.15) is 12.4 Å². The number of carbonyl (C=O) groups is 2. The van der Waals surface area contributed by atoms with Crippen LogP contribution in [-0.2, 0) is 11.4 Å². The van der Waals surface area contributed by atoms with Crippen LogP contribution < -0.4 is 19.6 Å². The minimum atomic E-state index is -0.533. The monoisotopic (exact) mass is 506 g/mol. The molecule has 7 heteroatoms. The number of hydrazone groups is 1. The third-order valence-electron chi connectivity index (χ3n) is 5.36. The minimum Gasteiger partial charge on any atom is -0.493 e. The fourth-order valence-electron chi connectivity index (χ4n) is 3.46. The van der Waals surface area contributed by atoms with Crippen LogP contribution >= 0.6 is 0 Å². The first-order valence-electron chi connectivity index (χ1n) is 11.8. The van der Waals surface area contributed by atoms with Gasteiger partial charge in [-0.25, -0.2) is 10.2 Å². The maximum absolute atomic E-state index is 12.7. The zero-order valence-corrected chi connectivity index (χ0v) is 20.7. The molecule has 0 aliphatic heterocycles. The molecule has 0 unspecified atom stereocenters. The van der Waals surface area contributed by atoms with E-state index in [1.165, 1.54) is 19.4 Å². The quantitative estimate of drug-likeness (QED) is 0.0987. The van der Waals surface area contributed by atoms with Crippen LogP contribution in [0.2, 0.25) is 0 Å². The van der Waals surface area contributed by atoms with Crippen molar-refractivity contribution < 1.29 is 23.8 Å². The zero-order valence-electron chi connectivity index (χ0n) is 20.7. The van der Waals surface area contributed by atoms with E-state index in [1.807, 2.05) is 60.7 Å². The van der Waals surface area contributed by atoms with Crippen LogP contribution in [0.25, 0.3) is 6.08 Å². The van der Waals surface area contributed by atoms with Gasteiger partial charge in [0.25, 0.3) is 5.91 Å². The number of esters is 1. The smallest absolute Gasteiger partial charge is 0.336 e. The van der Waals surface area contributed by atoms with Crippen molar-refractivity contribution in [3.63, 3.8) is 0 Å². The van der Waals surface area contributed by atoms with Crippen molar-refractivity contribution in [3.8, 4) is 17.2 Å². The molecule has 0 heterocycles. The SMILES string of the molecule is COc1cc(/C=N/NC(=O)c2ccccc2OCc2ccccc2)ccc1OC(=O)/C=C/c1ccccc1. The summed E-state index contributed by atoms with van der Waals surface area (Å²) in [4.78, 5) is 25.0. The van der Waals surface area contributed by atoms with Crippen molar-refractivity contribution in [3.05, 3.63) is 131 Å². The first-order valence-corrected chi connectivity index (χ1v) is 11.8. The molecule has 0 spiro atoms. The highest BCUT2D eigenvalue weighted by atomic mass is 16.6. The first kappa shape index (κ1) is 25.9. The maximum Gasteiger partial charge on any atom is 0.336 e. The number of hydrogen-bond acceptors (Lipinski definition) is 6. The van der Waals surface area contributed by atoms with Crippen molar-refractivity contribution >= 4 is 24.2 Å². The number of ether oxygens (including phenoxy) is 3. The van der Waals surface area contributed by atoms with E-state index in [0.29, 0.717) is 29.2 Å². The second-order valence-electron chi connectivity index (χ2n) is 8.04. The summed E-state index contributed by atoms with van der Waals surface area (Å²) in [6.07, 6.45) is 4.49. The lowest BCUT2D eigenvalue weighted by Crippen LogP contribution is -2.18. The summed E-state index contributed by atoms with van der Waals surface area (Å²) in [6, 6.07) is 31.0. The van der Waals surface area contributed by atoms with Gasteiger partial charge in [0.15, 0.2) is 11.5 Å². The van der Waals surface area contributed by atoms with E-state index in [-0.39, 0.29) is 5.75 Å². The molecule has 7 nitrogen and oxygen atoms in total. The van der Waals surface area contributed by atoms with Gasteiger partial charge < -0.3 is 14.2 Å². The van der Waals surface area contributed by atoms with E-state index in [0.717, 1.165) is 11.1 Å². The summed E-state index contributed by atoms with van der Waals surface area (Å²) in [5.74, 6) is 0.127. The van der Waals surface area contributed by atoms with Crippen LogP contribution in [0, 0.1) is 0 Å². The fraction of sp³-hybridized carbons (Fsp3) is 0.0645. The van der Waals surface area contributed by atoms with Gasteiger partial charge in [-0.15, -0.1) is 0 Å². The molecule has 1 N–H and O–H groups in total. The number of amides is 1. The average Bonchev–Trinajstić information content (AvgIpc) is 2.97. The number of nitrogens with one attached hydrogen (secondary N) is 1. The molecule has 4 aromatic rings. The Morgan fingerprint density at radius 2 is 1.50 bits per heavy atom. The van der Waals surface area contributed by atoms with E-state index in [4.69, 9.17) is 14.2 Å². The molecule has 0 atom stereocenters. The summed E-state index contributed by atoms with van der Waals surface area (Å²) in [7, 11) is 1.47. The molecule has 190 valence electrons. The predicted octanol–water partition coefficient (Wildman–Crippen LogP) is 5.66. The Morgan fingerprint density at radius 1 is 0.789 bits per heavy atom. The number of hydrogen-bond donors (Lipinski definition) is 1. The third kappa shape index (κ3) is 7.41. The van der Waals surface area contributed by atoms with Crippen molar-refractivity contribution in [2.45, 2.75) is 6.61 Å². The van der Waals surface area contributed by atoms with Crippen LogP contribution in [0.1, 0.15) is 27.0 Å². The van der Waals surface area contributed by atoms with Crippen molar-refractivity contribution in [2.75, 3.05) is 7.11 Å². The van der Waals surface area contributed by atoms with Crippen LogP contribution in [0.15, 0.2) is 114 Å². The number of benzene rings is 4. The van der Waals surface area contributed by atoms with Crippen LogP contribution in [-0.4, -0.2) is 25.2 Å². The topological polar surface area (TPSA) is 86.2 Å². The Balaban J connectivity index is 1.36. The molecule has 4 aromatic carbocycles. The predicted molar refractivity (Wildman–Crippen MR) is 146 cm³/mol. The molecule has 0 aromatic heterocycles. The van der Waals surface area contributed by atoms with Gasteiger partial charge >= 0.3 is 5.97 Å². The van der Waals surface area contributed by atoms with E-state index in [9.17, 15) is 9.59 Å². The molecule has 0 saturated carbocycles. The Bertz CT molecular complexity index is 1430. The van der Waals surface area contributed by atoms with Gasteiger partial charge in [0.05, 0.1) is 18.9 Å². The Hall–Kier alpha value is -5.17. The number of carbonyl (C=O) groups excluding carboxylic acids is 2. The van der Waals surface area contributed by atoms with Gasteiger partial charge in [-0.3, -0.25) is 4.79 Å². The van der Waals surface area contributed by atoms with E-state index in [2.05, 4.69) is 10.5 Å². The molecule has 0 saturated heterocycles. The molecular formula is C31H26N2O5. The summed E-state index contributed by atoms with van der Waals surface area (Å²) in [5, 5.41) is 4.05. The van der Waals surface area contributed by atoms with Gasteiger partial charge in [-0.05, 0) is 53.1 Å². The summed E-state index contributed by atoms with van der Waals surface area (Å²) in [6.45, 7) is 0.340. The van der Waals surface area contributed by atoms with E-state index < -0.39 is 11.9 Å². The minimum absolute atomic E-state index is 0.265. The number of para-hydroxylation sites is 1. The number of nitrogens with zero attached hydrogens (tertiary/aromatic N) is 1. The van der Waals surface area contributed by atoms with Gasteiger partial charge in [0.2, 0.25) is 0 Å². The molecule has 38 heavy (non-hydrogen) atoms. The molecule has 1 amide bonds. The summed E-state index contributed by atoms with van der Waals surface area (Å²) in [5.41, 5.74) is 5.40. The van der Waals surface area contributed by atoms with E-state index >= 15 is 0 Å². The fourth-order valence-corrected chi connectivity index (χ4v) is 3.46. The second-order valence-corrected chi connectivity index (χ2v) is 8.04. The molecule has 0 radical (unpaired) electrons. The Morgan fingerprint density at radius 3 is 2.26 bits per heavy atom. The van der Waals surface area contributed by atoms with Crippen molar-refractivity contribution in [2.24, 2.45) is 5.10 Å². The van der Waals surface area contributed by atoms with E-state index in [1.54, 1.807) is 48.5 Å². The standard InChI is InChI=1S/C31H26N2O5/c1-36-29-20-25(16-18-28(29)38-30(34)19-17-23-10-4-2-5-11-23)21-32-33-31(35)26-14-8-9-15-27(26)37-22-24-12-6-3-7-13-24/h2-21H,22H2,1H3,(H,33,35)/b19-17+,32-21+. The molecule has 0 aliphatic carbocycles. The molecule has 4 rings (SSSR count). The molecular weight excluding hydrogens is 480 g/mol. The summed E-state index contributed by atoms with van der Waals surface area (Å²) < 4.78 is 16.6. The van der Waals surface area contributed by atoms with Crippen molar-refractivity contribution in [1.82, 2.24) is 5.43 Å². The Kier molecular flexibility index (Phi) is 9.02. The van der Waals surface area contributed by atoms with Gasteiger partial charge in [0, 0.05) is 6.08 Å². The molecule has 0 aliphatic rings. The first-order chi connectivity index (χ1) is 18.6. The van der Waals surface area contributed by atoms with Crippen LogP contribution in [0.4, 0.5) is 0 Å². The normalized spacial score (nSPS) is 10.9. The maximum atomic E-state index is 12.7. The van der Waals surface area contributed by atoms with Gasteiger partial charge in [-0.1, -0.05) is 72.8 Å². The number of methoxy groups -OCH3 is 1. The number of rotatable bonds is 10. The lowest BCUT2D eigenvalue weighted by molar-refractivity contribution is -0.129. The lowest BCUT2D eigenvalue weighted by Gasteiger charge is -2.10. The van der Waals surface area contributed by atoms with Gasteiger partial charge in [-0.2, -0.15) is 5.10 Å². The highest BCUT2D eigenvalue weighted by molar-refractivity contribution is 5.97. The average molecular weight is 507 g/mol. The van der Waals surface area contributed by atoms with Crippen LogP contribution in [0.3, 0.4) is 0 Å². The highest BCUT2D eigenvalue weighted by Crippen LogP contribution is 2.28. The van der Waals surface area contributed by atoms with Crippen LogP contribution in [0.5, 0.6) is 17.2 Å². The third-order valence-corrected chi connectivity index (χ3v) is 5.36. The highest BCUT2D eigenvalue weighted by Gasteiger charge is 2.12. The molecule has 0 bridgehead atoms. The zero-order chi connectivity index (χ0) is 26.6. The largest absolute Gasteiger partial charge is 0.493 e.